The first-order valence-electron chi connectivity index (χ1n) is 11.0. The van der Waals surface area contributed by atoms with Gasteiger partial charge in [0.2, 0.25) is 5.95 Å². The predicted octanol–water partition coefficient (Wildman–Crippen LogP) is 4.48. The van der Waals surface area contributed by atoms with Gasteiger partial charge in [-0.1, -0.05) is 36.5 Å². The number of aryl methyl sites for hydroxylation is 1. The normalized spacial score (nSPS) is 11.3. The highest BCUT2D eigenvalue weighted by atomic mass is 32.1. The van der Waals surface area contributed by atoms with Crippen LogP contribution < -0.4 is 10.6 Å². The van der Waals surface area contributed by atoms with Crippen LogP contribution in [0.5, 0.6) is 0 Å². The molecule has 2 N–H and O–H groups in total. The summed E-state index contributed by atoms with van der Waals surface area (Å²) in [7, 11) is 0. The lowest BCUT2D eigenvalue weighted by molar-refractivity contribution is 0.0531. The lowest BCUT2D eigenvalue weighted by Crippen LogP contribution is -2.07. The van der Waals surface area contributed by atoms with Crippen molar-refractivity contribution in [2.24, 2.45) is 0 Å². The van der Waals surface area contributed by atoms with Crippen molar-refractivity contribution in [2.45, 2.75) is 40.3 Å². The van der Waals surface area contributed by atoms with Crippen LogP contribution in [0, 0.1) is 6.92 Å². The molecule has 0 aliphatic rings. The molecule has 0 fully saturated rings. The van der Waals surface area contributed by atoms with Crippen molar-refractivity contribution in [2.75, 3.05) is 17.2 Å². The van der Waals surface area contributed by atoms with Crippen LogP contribution in [0.3, 0.4) is 0 Å². The number of aromatic nitrogens is 6. The van der Waals surface area contributed by atoms with Gasteiger partial charge in [0.15, 0.2) is 22.1 Å². The van der Waals surface area contributed by atoms with Crippen molar-refractivity contribution >= 4 is 45.4 Å². The molecule has 176 valence electrons. The maximum atomic E-state index is 12.2. The number of anilines is 3. The van der Waals surface area contributed by atoms with Crippen molar-refractivity contribution in [3.8, 4) is 0 Å². The van der Waals surface area contributed by atoms with Crippen LogP contribution in [-0.2, 0) is 17.8 Å². The number of fused-ring (bicyclic) bond motifs is 1. The third-order valence-electron chi connectivity index (χ3n) is 4.81. The maximum absolute atomic E-state index is 12.2. The molecule has 0 aliphatic carbocycles. The van der Waals surface area contributed by atoms with Crippen LogP contribution in [0.2, 0.25) is 0 Å². The predicted molar refractivity (Wildman–Crippen MR) is 132 cm³/mol. The molecule has 10 nitrogen and oxygen atoms in total. The molecule has 4 aromatic rings. The fourth-order valence-corrected chi connectivity index (χ4v) is 4.07. The van der Waals surface area contributed by atoms with Gasteiger partial charge in [0.05, 0.1) is 30.9 Å². The lowest BCUT2D eigenvalue weighted by atomic mass is 10.3. The van der Waals surface area contributed by atoms with Gasteiger partial charge in [-0.3, -0.25) is 10.3 Å². The van der Waals surface area contributed by atoms with Gasteiger partial charge < -0.3 is 14.6 Å². The first-order valence-corrected chi connectivity index (χ1v) is 11.8. The van der Waals surface area contributed by atoms with E-state index < -0.39 is 0 Å². The summed E-state index contributed by atoms with van der Waals surface area (Å²) in [6.45, 7) is 7.07. The van der Waals surface area contributed by atoms with Crippen molar-refractivity contribution in [3.63, 3.8) is 0 Å². The summed E-state index contributed by atoms with van der Waals surface area (Å²) >= 11 is 1.21. The van der Waals surface area contributed by atoms with E-state index >= 15 is 0 Å². The molecule has 4 heterocycles. The lowest BCUT2D eigenvalue weighted by Gasteiger charge is -2.09. The summed E-state index contributed by atoms with van der Waals surface area (Å²) in [5.41, 5.74) is 2.81. The van der Waals surface area contributed by atoms with E-state index in [9.17, 15) is 4.79 Å². The number of nitrogens with zero attached hydrogens (tertiary/aromatic N) is 6. The number of thiazole rings is 1. The molecule has 0 unspecified atom stereocenters. The Morgan fingerprint density at radius 3 is 2.82 bits per heavy atom. The molecule has 0 bridgehead atoms. The van der Waals surface area contributed by atoms with Gasteiger partial charge in [0.1, 0.15) is 4.88 Å². The van der Waals surface area contributed by atoms with Gasteiger partial charge in [0.25, 0.3) is 0 Å². The van der Waals surface area contributed by atoms with E-state index in [1.54, 1.807) is 26.4 Å². The van der Waals surface area contributed by atoms with Crippen LogP contribution in [0.4, 0.5) is 16.9 Å². The molecule has 0 aromatic carbocycles. The van der Waals surface area contributed by atoms with E-state index in [0.29, 0.717) is 58.3 Å². The van der Waals surface area contributed by atoms with Crippen LogP contribution in [0.15, 0.2) is 42.9 Å². The Morgan fingerprint density at radius 2 is 2.06 bits per heavy atom. The molecular weight excluding hydrogens is 452 g/mol. The highest BCUT2D eigenvalue weighted by Gasteiger charge is 2.18. The number of carbonyl (C=O) groups excluding carboxylic acids is 1. The first kappa shape index (κ1) is 23.3. The monoisotopic (exact) mass is 478 g/mol. The molecule has 0 saturated carbocycles. The zero-order chi connectivity index (χ0) is 23.9. The molecule has 4 aromatic heterocycles. The van der Waals surface area contributed by atoms with Gasteiger partial charge in [0, 0.05) is 12.7 Å². The molecule has 0 aliphatic heterocycles. The molecule has 4 rings (SSSR count). The molecule has 0 radical (unpaired) electrons. The van der Waals surface area contributed by atoms with Crippen LogP contribution >= 0.6 is 11.3 Å². The van der Waals surface area contributed by atoms with Gasteiger partial charge in [-0.05, 0) is 32.4 Å². The van der Waals surface area contributed by atoms with Crippen molar-refractivity contribution in [3.05, 3.63) is 59.1 Å². The molecule has 0 saturated heterocycles. The standard InChI is InChI=1S/C23H26N8O2S/c1-4-6-9-12-31-14-26-17-19(25-13-16-10-7-8-11-24-16)28-22(29-20(17)31)30-23-27-15(3)18(34-23)21(32)33-5-2/h6-11,14H,4-5,12-13H2,1-3H3,(H2,25,27,28,29,30)/b9-6+. The number of imidazole rings is 1. The van der Waals surface area contributed by atoms with E-state index in [1.807, 2.05) is 22.8 Å². The molecule has 0 spiro atoms. The van der Waals surface area contributed by atoms with Gasteiger partial charge >= 0.3 is 5.97 Å². The Labute approximate surface area is 201 Å². The minimum atomic E-state index is -0.388. The van der Waals surface area contributed by atoms with E-state index in [0.717, 1.165) is 12.1 Å². The minimum absolute atomic E-state index is 0.306. The number of esters is 1. The van der Waals surface area contributed by atoms with Crippen LogP contribution in [0.1, 0.15) is 41.3 Å². The largest absolute Gasteiger partial charge is 0.462 e. The van der Waals surface area contributed by atoms with E-state index in [2.05, 4.69) is 54.6 Å². The Kier molecular flexibility index (Phi) is 7.43. The second kappa shape index (κ2) is 10.8. The molecule has 11 heteroatoms. The third-order valence-corrected chi connectivity index (χ3v) is 5.86. The molecule has 34 heavy (non-hydrogen) atoms. The summed E-state index contributed by atoms with van der Waals surface area (Å²) in [5.74, 6) is 0.539. The number of nitrogens with one attached hydrogen (secondary N) is 2. The van der Waals surface area contributed by atoms with Gasteiger partial charge in [-0.2, -0.15) is 9.97 Å². The smallest absolute Gasteiger partial charge is 0.350 e. The fraction of sp³-hybridized carbons (Fsp3) is 0.304. The SMILES string of the molecule is CC/C=C/Cn1cnc2c(NCc3ccccn3)nc(Nc3nc(C)c(C(=O)OCC)s3)nc21. The maximum Gasteiger partial charge on any atom is 0.350 e. The molecule has 0 atom stereocenters. The number of hydrogen-bond acceptors (Lipinski definition) is 10. The zero-order valence-electron chi connectivity index (χ0n) is 19.3. The quantitative estimate of drug-likeness (QED) is 0.251. The fourth-order valence-electron chi connectivity index (χ4n) is 3.22. The second-order valence-corrected chi connectivity index (χ2v) is 8.30. The Hall–Kier alpha value is -3.86. The number of carbonyl (C=O) groups is 1. The number of allylic oxidation sites excluding steroid dienone is 2. The summed E-state index contributed by atoms with van der Waals surface area (Å²) in [4.78, 5) is 35.3. The third kappa shape index (κ3) is 5.37. The van der Waals surface area contributed by atoms with E-state index in [-0.39, 0.29) is 5.97 Å². The number of hydrogen-bond donors (Lipinski definition) is 2. The minimum Gasteiger partial charge on any atom is -0.462 e. The average molecular weight is 479 g/mol. The highest BCUT2D eigenvalue weighted by molar-refractivity contribution is 7.17. The highest BCUT2D eigenvalue weighted by Crippen LogP contribution is 2.28. The summed E-state index contributed by atoms with van der Waals surface area (Å²) in [6, 6.07) is 5.75. The molecular formula is C23H26N8O2S. The van der Waals surface area contributed by atoms with Crippen molar-refractivity contribution in [1.82, 2.24) is 29.5 Å². The van der Waals surface area contributed by atoms with E-state index in [1.165, 1.54) is 11.3 Å². The van der Waals surface area contributed by atoms with Crippen molar-refractivity contribution in [1.29, 1.82) is 0 Å². The summed E-state index contributed by atoms with van der Waals surface area (Å²) in [6.07, 6.45) is 8.63. The van der Waals surface area contributed by atoms with E-state index in [4.69, 9.17) is 4.74 Å². The summed E-state index contributed by atoms with van der Waals surface area (Å²) in [5, 5.41) is 6.97. The second-order valence-electron chi connectivity index (χ2n) is 7.30. The topological polar surface area (TPSA) is 120 Å². The number of ether oxygens (including phenoxy) is 1. The van der Waals surface area contributed by atoms with Crippen molar-refractivity contribution < 1.29 is 9.53 Å². The van der Waals surface area contributed by atoms with Gasteiger partial charge in [-0.15, -0.1) is 0 Å². The average Bonchev–Trinajstić information content (AvgIpc) is 3.41. The van der Waals surface area contributed by atoms with Crippen LogP contribution in [-0.4, -0.2) is 42.1 Å². The zero-order valence-corrected chi connectivity index (χ0v) is 20.1. The Morgan fingerprint density at radius 1 is 1.18 bits per heavy atom. The Bertz CT molecular complexity index is 1300. The van der Waals surface area contributed by atoms with Crippen LogP contribution in [0.25, 0.3) is 11.2 Å². The summed E-state index contributed by atoms with van der Waals surface area (Å²) < 4.78 is 7.07. The van der Waals surface area contributed by atoms with Gasteiger partial charge in [-0.25, -0.2) is 14.8 Å². The Balaban J connectivity index is 1.66. The molecule has 0 amide bonds. The number of rotatable bonds is 10. The number of pyridine rings is 1. The first-order chi connectivity index (χ1) is 16.6.